The molecule has 2 rings (SSSR count). The molecule has 0 saturated heterocycles. The van der Waals surface area contributed by atoms with Crippen LogP contribution in [0.4, 0.5) is 10.1 Å². The molecule has 76 valence electrons. The van der Waals surface area contributed by atoms with Gasteiger partial charge in [0.25, 0.3) is 0 Å². The highest BCUT2D eigenvalue weighted by Crippen LogP contribution is 2.23. The summed E-state index contributed by atoms with van der Waals surface area (Å²) < 4.78 is 18.4. The molecule has 2 nitrogen and oxygen atoms in total. The van der Waals surface area contributed by atoms with Crippen molar-refractivity contribution in [2.24, 2.45) is 0 Å². The molecular formula is C12H10FNO. The van der Waals surface area contributed by atoms with E-state index in [0.717, 1.165) is 0 Å². The Bertz CT molecular complexity index is 436. The minimum Gasteiger partial charge on any atom is -0.457 e. The molecule has 0 heterocycles. The fourth-order valence-corrected chi connectivity index (χ4v) is 1.27. The molecule has 0 aliphatic rings. The summed E-state index contributed by atoms with van der Waals surface area (Å²) in [5.74, 6) is 0.655. The monoisotopic (exact) mass is 203 g/mol. The lowest BCUT2D eigenvalue weighted by Gasteiger charge is -2.06. The van der Waals surface area contributed by atoms with E-state index in [1.54, 1.807) is 18.2 Å². The molecule has 0 aliphatic heterocycles. The third kappa shape index (κ3) is 2.47. The first-order chi connectivity index (χ1) is 7.24. The molecule has 0 atom stereocenters. The third-order valence-electron chi connectivity index (χ3n) is 1.87. The summed E-state index contributed by atoms with van der Waals surface area (Å²) >= 11 is 0. The maximum atomic E-state index is 13.0. The minimum atomic E-state index is -0.402. The molecule has 2 aromatic carbocycles. The number of halogens is 1. The predicted molar refractivity (Wildman–Crippen MR) is 57.3 cm³/mol. The predicted octanol–water partition coefficient (Wildman–Crippen LogP) is 3.20. The van der Waals surface area contributed by atoms with Crippen molar-refractivity contribution in [3.05, 3.63) is 54.3 Å². The number of benzene rings is 2. The number of ether oxygens (including phenoxy) is 1. The van der Waals surface area contributed by atoms with Gasteiger partial charge in [-0.2, -0.15) is 0 Å². The van der Waals surface area contributed by atoms with Crippen molar-refractivity contribution in [2.45, 2.75) is 0 Å². The van der Waals surface area contributed by atoms with Crippen LogP contribution in [-0.4, -0.2) is 0 Å². The van der Waals surface area contributed by atoms with E-state index >= 15 is 0 Å². The molecule has 0 bridgehead atoms. The molecule has 15 heavy (non-hydrogen) atoms. The molecule has 2 aromatic rings. The van der Waals surface area contributed by atoms with Crippen LogP contribution in [0.2, 0.25) is 0 Å². The zero-order valence-corrected chi connectivity index (χ0v) is 7.98. The average Bonchev–Trinajstić information content (AvgIpc) is 2.17. The third-order valence-corrected chi connectivity index (χ3v) is 1.87. The van der Waals surface area contributed by atoms with E-state index in [-0.39, 0.29) is 0 Å². The van der Waals surface area contributed by atoms with Gasteiger partial charge in [-0.05, 0) is 18.2 Å². The highest BCUT2D eigenvalue weighted by atomic mass is 19.1. The maximum absolute atomic E-state index is 13.0. The second-order valence-electron chi connectivity index (χ2n) is 3.14. The fourth-order valence-electron chi connectivity index (χ4n) is 1.27. The topological polar surface area (TPSA) is 35.2 Å². The van der Waals surface area contributed by atoms with E-state index < -0.39 is 5.82 Å². The molecule has 0 aromatic heterocycles. The summed E-state index contributed by atoms with van der Waals surface area (Å²) in [5.41, 5.74) is 5.84. The lowest BCUT2D eigenvalue weighted by atomic mass is 10.3. The van der Waals surface area contributed by atoms with Crippen LogP contribution in [0, 0.1) is 5.82 Å². The van der Waals surface area contributed by atoms with Gasteiger partial charge in [-0.3, -0.25) is 0 Å². The summed E-state index contributed by atoms with van der Waals surface area (Å²) in [6, 6.07) is 13.3. The summed E-state index contributed by atoms with van der Waals surface area (Å²) in [6.45, 7) is 0. The summed E-state index contributed by atoms with van der Waals surface area (Å²) in [7, 11) is 0. The van der Waals surface area contributed by atoms with Crippen LogP contribution in [0.1, 0.15) is 0 Å². The molecule has 0 unspecified atom stereocenters. The van der Waals surface area contributed by atoms with Gasteiger partial charge in [-0.15, -0.1) is 0 Å². The van der Waals surface area contributed by atoms with Gasteiger partial charge in [-0.1, -0.05) is 18.2 Å². The van der Waals surface area contributed by atoms with Gasteiger partial charge < -0.3 is 10.5 Å². The second-order valence-corrected chi connectivity index (χ2v) is 3.14. The van der Waals surface area contributed by atoms with Crippen LogP contribution >= 0.6 is 0 Å². The molecule has 0 radical (unpaired) electrons. The lowest BCUT2D eigenvalue weighted by molar-refractivity contribution is 0.477. The molecule has 2 N–H and O–H groups in total. The SMILES string of the molecule is Nc1cc(F)cc(Oc2ccccc2)c1. The van der Waals surface area contributed by atoms with Crippen molar-refractivity contribution in [1.82, 2.24) is 0 Å². The van der Waals surface area contributed by atoms with E-state index in [2.05, 4.69) is 0 Å². The van der Waals surface area contributed by atoms with Crippen LogP contribution in [0.3, 0.4) is 0 Å². The number of anilines is 1. The number of nitrogens with two attached hydrogens (primary N) is 1. The summed E-state index contributed by atoms with van der Waals surface area (Å²) in [5, 5.41) is 0. The van der Waals surface area contributed by atoms with Crippen LogP contribution in [0.5, 0.6) is 11.5 Å². The number of hydrogen-bond acceptors (Lipinski definition) is 2. The smallest absolute Gasteiger partial charge is 0.132 e. The van der Waals surface area contributed by atoms with Crippen molar-refractivity contribution in [2.75, 3.05) is 5.73 Å². The zero-order chi connectivity index (χ0) is 10.7. The number of nitrogen functional groups attached to an aromatic ring is 1. The van der Waals surface area contributed by atoms with Crippen LogP contribution in [0.15, 0.2) is 48.5 Å². The molecular weight excluding hydrogens is 193 g/mol. The number of para-hydroxylation sites is 1. The van der Waals surface area contributed by atoms with Gasteiger partial charge in [0.1, 0.15) is 17.3 Å². The Kier molecular flexibility index (Phi) is 2.54. The Morgan fingerprint density at radius 2 is 1.67 bits per heavy atom. The van der Waals surface area contributed by atoms with Crippen molar-refractivity contribution in [3.63, 3.8) is 0 Å². The van der Waals surface area contributed by atoms with E-state index in [1.165, 1.54) is 12.1 Å². The first-order valence-electron chi connectivity index (χ1n) is 4.53. The molecule has 0 spiro atoms. The highest BCUT2D eigenvalue weighted by Gasteiger charge is 2.00. The number of hydrogen-bond donors (Lipinski definition) is 1. The van der Waals surface area contributed by atoms with Gasteiger partial charge in [0.15, 0.2) is 0 Å². The van der Waals surface area contributed by atoms with Gasteiger partial charge in [0, 0.05) is 17.8 Å². The van der Waals surface area contributed by atoms with E-state index in [0.29, 0.717) is 17.2 Å². The molecule has 0 saturated carbocycles. The first kappa shape index (κ1) is 9.52. The number of rotatable bonds is 2. The quantitative estimate of drug-likeness (QED) is 0.760. The zero-order valence-electron chi connectivity index (χ0n) is 7.98. The maximum Gasteiger partial charge on any atom is 0.132 e. The fraction of sp³-hybridized carbons (Fsp3) is 0. The Morgan fingerprint density at radius 1 is 0.933 bits per heavy atom. The van der Waals surface area contributed by atoms with Crippen molar-refractivity contribution in [3.8, 4) is 11.5 Å². The molecule has 3 heteroatoms. The van der Waals surface area contributed by atoms with Crippen LogP contribution < -0.4 is 10.5 Å². The Balaban J connectivity index is 2.25. The Hall–Kier alpha value is -2.03. The second kappa shape index (κ2) is 4.00. The minimum absolute atomic E-state index is 0.348. The van der Waals surface area contributed by atoms with Gasteiger partial charge in [0.05, 0.1) is 0 Å². The van der Waals surface area contributed by atoms with Crippen molar-refractivity contribution < 1.29 is 9.13 Å². The summed E-state index contributed by atoms with van der Waals surface area (Å²) in [4.78, 5) is 0. The standard InChI is InChI=1S/C12H10FNO/c13-9-6-10(14)8-12(7-9)15-11-4-2-1-3-5-11/h1-8H,14H2. The first-order valence-corrected chi connectivity index (χ1v) is 4.53. The van der Waals surface area contributed by atoms with Gasteiger partial charge in [-0.25, -0.2) is 4.39 Å². The Morgan fingerprint density at radius 3 is 2.33 bits per heavy atom. The van der Waals surface area contributed by atoms with Crippen LogP contribution in [0.25, 0.3) is 0 Å². The lowest BCUT2D eigenvalue weighted by Crippen LogP contribution is -1.89. The molecule has 0 fully saturated rings. The van der Waals surface area contributed by atoms with Gasteiger partial charge >= 0.3 is 0 Å². The van der Waals surface area contributed by atoms with Gasteiger partial charge in [0.2, 0.25) is 0 Å². The van der Waals surface area contributed by atoms with Crippen molar-refractivity contribution in [1.29, 1.82) is 0 Å². The molecule has 0 aliphatic carbocycles. The van der Waals surface area contributed by atoms with E-state index in [9.17, 15) is 4.39 Å². The largest absolute Gasteiger partial charge is 0.457 e. The normalized spacial score (nSPS) is 9.93. The Labute approximate surface area is 87.1 Å². The molecule has 0 amide bonds. The van der Waals surface area contributed by atoms with Crippen LogP contribution in [-0.2, 0) is 0 Å². The van der Waals surface area contributed by atoms with E-state index in [1.807, 2.05) is 18.2 Å². The highest BCUT2D eigenvalue weighted by molar-refractivity contribution is 5.45. The summed E-state index contributed by atoms with van der Waals surface area (Å²) in [6.07, 6.45) is 0. The average molecular weight is 203 g/mol. The van der Waals surface area contributed by atoms with Crippen molar-refractivity contribution >= 4 is 5.69 Å². The van der Waals surface area contributed by atoms with E-state index in [4.69, 9.17) is 10.5 Å².